The van der Waals surface area contributed by atoms with Crippen molar-refractivity contribution in [1.82, 2.24) is 52.3 Å². The van der Waals surface area contributed by atoms with E-state index in [4.69, 9.17) is 40.1 Å². The number of aliphatic imine (C=N–C) groups is 3. The highest BCUT2D eigenvalue weighted by molar-refractivity contribution is 8.76. The molecule has 3 fully saturated rings. The van der Waals surface area contributed by atoms with E-state index in [9.17, 15) is 63.0 Å². The summed E-state index contributed by atoms with van der Waals surface area (Å²) in [7, 11) is 2.02. The second-order valence-electron chi connectivity index (χ2n) is 23.3. The van der Waals surface area contributed by atoms with Crippen molar-refractivity contribution in [2.24, 2.45) is 55.1 Å². The number of β-amino-alcohol motifs (C(OH)–C–C–N with tert-alkyl or cyclic N) is 1. The number of carboxylic acid groups (broad SMARTS) is 1. The zero-order valence-corrected chi connectivity index (χ0v) is 55.8. The molecule has 0 radical (unpaired) electrons. The van der Waals surface area contributed by atoms with Gasteiger partial charge in [-0.05, 0) is 73.9 Å². The molecule has 3 aliphatic rings. The molecule has 4 heterocycles. The Balaban J connectivity index is 1.18. The number of carbonyl (C=O) groups excluding carboxylic acids is 10. The first-order valence-electron chi connectivity index (χ1n) is 31.5. The number of hydrogen-bond acceptors (Lipinski definition) is 19. The van der Waals surface area contributed by atoms with Crippen LogP contribution in [0.1, 0.15) is 73.8 Å². The van der Waals surface area contributed by atoms with Gasteiger partial charge in [-0.25, -0.2) is 4.79 Å². The third kappa shape index (κ3) is 25.4. The van der Waals surface area contributed by atoms with Crippen molar-refractivity contribution in [3.63, 3.8) is 0 Å². The van der Waals surface area contributed by atoms with Gasteiger partial charge in [0.15, 0.2) is 17.9 Å². The monoisotopic (exact) mass is 1400 g/mol. The molecule has 3 aromatic rings. The van der Waals surface area contributed by atoms with E-state index in [1.165, 1.54) is 16.2 Å². The first kappa shape index (κ1) is 76.8. The minimum absolute atomic E-state index is 0.0593. The van der Waals surface area contributed by atoms with E-state index in [-0.39, 0.29) is 126 Å². The standard InChI is InChI=1S/C61H88N20O13S3/c62-38(17-7-21-69-59(63)64)49(84)74-39(18-8-22-70-60(65)66)56(91)80-24-10-20-46(80)57(92)81-31-36(82)28-47(81)55(90)72-30-48(83)73-43(29-37-16-11-25-95-37)52(87)79-45-33-97-96-32-44(53(88)75-40(58(93)94)19-9-23-71-61(67)68)78-51(86)42(27-35-14-5-2-6-15-35)76-50(85)41(77-54(45)89)26-34-12-3-1-4-13-34/h1-6,11-16,25,36,38-47,82H,7-10,17-24,26-33,62H2,(H,72,90)(H,73,83)(H,74,84)(H,75,88)(H,76,85)(H,77,89)(H,78,86)(H,79,87)(H,93,94)(H4,63,64,69)(H4,65,66,70)(H4,67,68,71)/t36?,38-,39-,40?,41-,42?,43?,44?,45-,46-,47-/m1/s1. The molecule has 3 aliphatic heterocycles. The van der Waals surface area contributed by atoms with Crippen LogP contribution in [-0.2, 0) is 72.0 Å². The number of carboxylic acids is 1. The number of carbonyl (C=O) groups is 11. The second kappa shape index (κ2) is 39.1. The van der Waals surface area contributed by atoms with Gasteiger partial charge in [0.2, 0.25) is 59.1 Å². The topological polar surface area (TPSA) is 550 Å². The van der Waals surface area contributed by atoms with E-state index in [0.29, 0.717) is 28.8 Å². The van der Waals surface area contributed by atoms with Gasteiger partial charge in [-0.3, -0.25) is 62.9 Å². The van der Waals surface area contributed by atoms with E-state index in [0.717, 1.165) is 26.5 Å². The van der Waals surface area contributed by atoms with Gasteiger partial charge in [0.05, 0.1) is 18.7 Å². The van der Waals surface area contributed by atoms with Crippen LogP contribution >= 0.6 is 32.9 Å². The molecule has 33 nitrogen and oxygen atoms in total. The van der Waals surface area contributed by atoms with Crippen LogP contribution in [-0.4, -0.2) is 220 Å². The summed E-state index contributed by atoms with van der Waals surface area (Å²) in [6, 6.07) is 7.72. The minimum atomic E-state index is -1.45. The third-order valence-electron chi connectivity index (χ3n) is 15.8. The molecule has 0 bridgehead atoms. The summed E-state index contributed by atoms with van der Waals surface area (Å²) < 4.78 is 0. The summed E-state index contributed by atoms with van der Waals surface area (Å²) in [6.45, 7) is -0.507. The number of aliphatic hydroxyl groups is 1. The molecule has 6 rings (SSSR count). The number of benzene rings is 2. The lowest BCUT2D eigenvalue weighted by molar-refractivity contribution is -0.148. The van der Waals surface area contributed by atoms with Crippen LogP contribution in [0.4, 0.5) is 0 Å². The van der Waals surface area contributed by atoms with E-state index in [2.05, 4.69) is 57.5 Å². The van der Waals surface area contributed by atoms with Crippen molar-refractivity contribution in [2.45, 2.75) is 144 Å². The van der Waals surface area contributed by atoms with Gasteiger partial charge < -0.3 is 103 Å². The molecule has 0 saturated carbocycles. The van der Waals surface area contributed by atoms with Crippen molar-refractivity contribution in [3.05, 3.63) is 94.2 Å². The first-order chi connectivity index (χ1) is 46.4. The third-order valence-corrected chi connectivity index (χ3v) is 19.1. The maximum atomic E-state index is 14.7. The Morgan fingerprint density at radius 3 is 1.77 bits per heavy atom. The average molecular weight is 1410 g/mol. The fourth-order valence-corrected chi connectivity index (χ4v) is 14.0. The summed E-state index contributed by atoms with van der Waals surface area (Å²) in [4.78, 5) is 170. The molecule has 10 amide bonds. The van der Waals surface area contributed by atoms with Gasteiger partial charge in [0.25, 0.3) is 0 Å². The van der Waals surface area contributed by atoms with Crippen LogP contribution < -0.4 is 82.7 Å². The van der Waals surface area contributed by atoms with Crippen LogP contribution in [0.25, 0.3) is 0 Å². The maximum Gasteiger partial charge on any atom is 0.326 e. The molecule has 24 N–H and O–H groups in total. The summed E-state index contributed by atoms with van der Waals surface area (Å²) >= 11 is 1.27. The Hall–Kier alpha value is -9.26. The number of aliphatic hydroxyl groups excluding tert-OH is 1. The number of rotatable bonds is 31. The van der Waals surface area contributed by atoms with Crippen LogP contribution in [0.2, 0.25) is 0 Å². The van der Waals surface area contributed by atoms with Gasteiger partial charge in [0.1, 0.15) is 54.4 Å². The SMILES string of the molecule is NC(N)=NCCCC(NC(=O)C1CSSC[C@@H](NC(=O)C(Cc2cccs2)NC(=O)CNC(=O)[C@H]2CC(O)CN2C(=O)[C@H]2CCCN2C(=O)[C@@H](CCCN=C(N)N)NC(=O)[C@H](N)CCCN=C(N)N)C(=O)N[C@H](Cc2ccccc2)C(=O)NC(Cc2ccccc2)C(=O)N1)C(=O)O. The van der Waals surface area contributed by atoms with E-state index < -0.39 is 138 Å². The molecule has 36 heteroatoms. The van der Waals surface area contributed by atoms with E-state index >= 15 is 0 Å². The minimum Gasteiger partial charge on any atom is -0.480 e. The van der Waals surface area contributed by atoms with Gasteiger partial charge in [-0.1, -0.05) is 88.3 Å². The van der Waals surface area contributed by atoms with Crippen molar-refractivity contribution in [3.8, 4) is 0 Å². The van der Waals surface area contributed by atoms with Gasteiger partial charge in [0, 0.05) is 74.8 Å². The number of nitrogens with one attached hydrogen (secondary N) is 8. The number of thiophene rings is 1. The molecule has 5 unspecified atom stereocenters. The summed E-state index contributed by atoms with van der Waals surface area (Å²) in [6.07, 6.45) is -0.191. The highest BCUT2D eigenvalue weighted by Crippen LogP contribution is 2.28. The molecule has 528 valence electrons. The number of nitrogens with zero attached hydrogens (tertiary/aromatic N) is 5. The van der Waals surface area contributed by atoms with Crippen LogP contribution in [0.3, 0.4) is 0 Å². The number of likely N-dealkylation sites (tertiary alicyclic amines) is 2. The fraction of sp³-hybridized carbons (Fsp3) is 0.508. The van der Waals surface area contributed by atoms with Crippen LogP contribution in [0.5, 0.6) is 0 Å². The average Bonchev–Trinajstić information content (AvgIpc) is 1.67. The Morgan fingerprint density at radius 2 is 1.20 bits per heavy atom. The molecule has 97 heavy (non-hydrogen) atoms. The Bertz CT molecular complexity index is 3270. The van der Waals surface area contributed by atoms with E-state index in [1.54, 1.807) is 78.2 Å². The molecule has 0 spiro atoms. The largest absolute Gasteiger partial charge is 0.480 e. The number of aliphatic carboxylic acids is 1. The predicted molar refractivity (Wildman–Crippen MR) is 366 cm³/mol. The number of amides is 10. The molecule has 2 aromatic carbocycles. The molecule has 3 saturated heterocycles. The summed E-state index contributed by atoms with van der Waals surface area (Å²) in [5.41, 5.74) is 40.1. The molecule has 11 atom stereocenters. The quantitative estimate of drug-likeness (QED) is 0.0124. The van der Waals surface area contributed by atoms with Crippen LogP contribution in [0.15, 0.2) is 93.2 Å². The van der Waals surface area contributed by atoms with Crippen molar-refractivity contribution in [2.75, 3.05) is 50.8 Å². The predicted octanol–water partition coefficient (Wildman–Crippen LogP) is -4.79. The zero-order chi connectivity index (χ0) is 70.6. The molecular formula is C61H88N20O13S3. The van der Waals surface area contributed by atoms with Gasteiger partial charge in [-0.15, -0.1) is 11.3 Å². The van der Waals surface area contributed by atoms with Crippen molar-refractivity contribution in [1.29, 1.82) is 0 Å². The lowest BCUT2D eigenvalue weighted by Crippen LogP contribution is -2.61. The summed E-state index contributed by atoms with van der Waals surface area (Å²) in [5.74, 6) is -10.1. The number of guanidine groups is 3. The number of hydrogen-bond donors (Lipinski definition) is 17. The summed E-state index contributed by atoms with van der Waals surface area (Å²) in [5, 5.41) is 44.1. The Kier molecular flexibility index (Phi) is 30.9. The van der Waals surface area contributed by atoms with Crippen LogP contribution in [0, 0.1) is 0 Å². The van der Waals surface area contributed by atoms with Crippen molar-refractivity contribution < 1.29 is 63.0 Å². The van der Waals surface area contributed by atoms with Gasteiger partial charge in [-0.2, -0.15) is 0 Å². The highest BCUT2D eigenvalue weighted by Gasteiger charge is 2.46. The Morgan fingerprint density at radius 1 is 0.629 bits per heavy atom. The van der Waals surface area contributed by atoms with Gasteiger partial charge >= 0.3 is 5.97 Å². The van der Waals surface area contributed by atoms with E-state index in [1.807, 2.05) is 0 Å². The first-order valence-corrected chi connectivity index (χ1v) is 34.9. The smallest absolute Gasteiger partial charge is 0.326 e. The molecule has 0 aliphatic carbocycles. The second-order valence-corrected chi connectivity index (χ2v) is 26.9. The maximum absolute atomic E-state index is 14.7. The number of nitrogens with two attached hydrogens (primary N) is 7. The highest BCUT2D eigenvalue weighted by atomic mass is 33.1. The fourth-order valence-electron chi connectivity index (χ4n) is 10.9. The lowest BCUT2D eigenvalue weighted by Gasteiger charge is -2.33. The molecule has 1 aromatic heterocycles. The Labute approximate surface area is 572 Å². The molecular weight excluding hydrogens is 1320 g/mol. The zero-order valence-electron chi connectivity index (χ0n) is 53.4. The normalized spacial score (nSPS) is 21.1. The lowest BCUT2D eigenvalue weighted by atomic mass is 10.0. The van der Waals surface area contributed by atoms with Crippen molar-refractivity contribution >= 4 is 116 Å².